The minimum Gasteiger partial charge on any atom is -0.512 e. The zero-order valence-electron chi connectivity index (χ0n) is 24.0. The van der Waals surface area contributed by atoms with Crippen LogP contribution in [-0.4, -0.2) is 15.9 Å². The van der Waals surface area contributed by atoms with Crippen molar-refractivity contribution in [2.24, 2.45) is 11.8 Å². The van der Waals surface area contributed by atoms with Crippen LogP contribution < -0.4 is 4.74 Å². The van der Waals surface area contributed by atoms with E-state index in [9.17, 15) is 9.90 Å². The standard InChI is InChI=1S/C23H12NO.C13H24O2.Ir/c1-4-8-17-14(5-1)9-10-19-18-11-12-24-22-16-7-3-2-6-15(16)13-20(21(18)22)25-23(17)19;1-5-10(6-2)12(14)9-13(15)11(7-3)8-4;/h1-6,8-13H;9-11,14H,5-8H2,1-4H3;/q-1;;/b;12-9-;. The van der Waals surface area contributed by atoms with Crippen molar-refractivity contribution in [1.29, 1.82) is 0 Å². The molecule has 1 radical (unpaired) electrons. The van der Waals surface area contributed by atoms with E-state index in [2.05, 4.69) is 65.6 Å². The van der Waals surface area contributed by atoms with Crippen LogP contribution >= 0.6 is 0 Å². The molecule has 0 atom stereocenters. The second kappa shape index (κ2) is 13.4. The summed E-state index contributed by atoms with van der Waals surface area (Å²) in [5.74, 6) is 2.34. The first-order valence-electron chi connectivity index (χ1n) is 14.4. The molecule has 41 heavy (non-hydrogen) atoms. The normalized spacial score (nSPS) is 12.1. The fourth-order valence-electron chi connectivity index (χ4n) is 5.65. The molecule has 1 aromatic heterocycles. The van der Waals surface area contributed by atoms with Crippen LogP contribution in [0.1, 0.15) is 53.4 Å². The number of ether oxygens (including phenoxy) is 1. The predicted octanol–water partition coefficient (Wildman–Crippen LogP) is 9.98. The monoisotopic (exact) mass is 723 g/mol. The Morgan fingerprint density at radius 1 is 0.902 bits per heavy atom. The molecule has 6 rings (SSSR count). The molecule has 0 amide bonds. The van der Waals surface area contributed by atoms with Gasteiger partial charge in [-0.2, -0.15) is 0 Å². The Labute approximate surface area is 255 Å². The number of rotatable bonds is 7. The van der Waals surface area contributed by atoms with Crippen LogP contribution in [0, 0.1) is 17.9 Å². The van der Waals surface area contributed by atoms with E-state index in [0.29, 0.717) is 0 Å². The van der Waals surface area contributed by atoms with Crippen LogP contribution in [0.15, 0.2) is 84.8 Å². The molecule has 5 aromatic rings. The second-order valence-corrected chi connectivity index (χ2v) is 10.4. The number of carbonyl (C=O) groups excluding carboxylic acids is 1. The van der Waals surface area contributed by atoms with Crippen molar-refractivity contribution < 1.29 is 34.7 Å². The Kier molecular flexibility index (Phi) is 9.96. The van der Waals surface area contributed by atoms with E-state index in [1.54, 1.807) is 0 Å². The largest absolute Gasteiger partial charge is 0.512 e. The topological polar surface area (TPSA) is 59.4 Å². The molecular weight excluding hydrogens is 687 g/mol. The fraction of sp³-hybridized carbons (Fsp3) is 0.278. The molecule has 0 aliphatic carbocycles. The number of carbonyl (C=O) groups is 1. The Bertz CT molecular complexity index is 1720. The molecule has 213 valence electrons. The predicted molar refractivity (Wildman–Crippen MR) is 165 cm³/mol. The van der Waals surface area contributed by atoms with E-state index in [-0.39, 0.29) is 43.5 Å². The second-order valence-electron chi connectivity index (χ2n) is 10.4. The summed E-state index contributed by atoms with van der Waals surface area (Å²) in [5, 5.41) is 15.3. The van der Waals surface area contributed by atoms with Gasteiger partial charge >= 0.3 is 0 Å². The Balaban J connectivity index is 0.000000212. The average Bonchev–Trinajstić information content (AvgIpc) is 2.99. The molecule has 0 saturated carbocycles. The molecule has 0 fully saturated rings. The van der Waals surface area contributed by atoms with Crippen molar-refractivity contribution in [2.75, 3.05) is 0 Å². The van der Waals surface area contributed by atoms with Crippen molar-refractivity contribution in [3.8, 4) is 22.6 Å². The molecular formula is C36H36IrNO3-. The van der Waals surface area contributed by atoms with Gasteiger partial charge in [-0.15, -0.1) is 35.0 Å². The first-order valence-corrected chi connectivity index (χ1v) is 14.4. The molecule has 0 bridgehead atoms. The molecule has 2 heterocycles. The summed E-state index contributed by atoms with van der Waals surface area (Å²) >= 11 is 0. The maximum absolute atomic E-state index is 11.7. The van der Waals surface area contributed by atoms with Crippen LogP contribution in [0.4, 0.5) is 0 Å². The third-order valence-corrected chi connectivity index (χ3v) is 8.07. The smallest absolute Gasteiger partial charge is 0.162 e. The Morgan fingerprint density at radius 2 is 1.61 bits per heavy atom. The zero-order valence-corrected chi connectivity index (χ0v) is 26.4. The summed E-state index contributed by atoms with van der Waals surface area (Å²) in [4.78, 5) is 16.4. The molecule has 0 saturated heterocycles. The van der Waals surface area contributed by atoms with E-state index in [1.165, 1.54) is 17.0 Å². The number of benzene rings is 4. The minimum atomic E-state index is 0. The van der Waals surface area contributed by atoms with Gasteiger partial charge in [0.1, 0.15) is 11.5 Å². The van der Waals surface area contributed by atoms with Gasteiger partial charge in [-0.3, -0.25) is 4.79 Å². The fourth-order valence-corrected chi connectivity index (χ4v) is 5.65. The first kappa shape index (κ1) is 30.4. The molecule has 5 heteroatoms. The van der Waals surface area contributed by atoms with Crippen LogP contribution in [0.3, 0.4) is 0 Å². The minimum absolute atomic E-state index is 0. The zero-order chi connectivity index (χ0) is 28.2. The maximum atomic E-state index is 11.7. The summed E-state index contributed by atoms with van der Waals surface area (Å²) in [5.41, 5.74) is 3.24. The van der Waals surface area contributed by atoms with Gasteiger partial charge in [0, 0.05) is 66.1 Å². The van der Waals surface area contributed by atoms with Gasteiger partial charge in [0.2, 0.25) is 0 Å². The molecule has 1 aliphatic heterocycles. The van der Waals surface area contributed by atoms with Crippen LogP contribution in [0.25, 0.3) is 43.6 Å². The van der Waals surface area contributed by atoms with Crippen LogP contribution in [-0.2, 0) is 24.9 Å². The molecule has 4 nitrogen and oxygen atoms in total. The molecule has 4 aromatic carbocycles. The molecule has 1 N–H and O–H groups in total. The number of pyridine rings is 1. The summed E-state index contributed by atoms with van der Waals surface area (Å²) in [7, 11) is 0. The van der Waals surface area contributed by atoms with Crippen molar-refractivity contribution in [2.45, 2.75) is 53.4 Å². The summed E-state index contributed by atoms with van der Waals surface area (Å²) in [6, 6.07) is 26.2. The van der Waals surface area contributed by atoms with Gasteiger partial charge < -0.3 is 14.8 Å². The average molecular weight is 723 g/mol. The van der Waals surface area contributed by atoms with Crippen LogP contribution in [0.2, 0.25) is 0 Å². The van der Waals surface area contributed by atoms with Gasteiger partial charge in [-0.1, -0.05) is 64.1 Å². The number of aliphatic hydroxyl groups is 1. The number of allylic oxidation sites excluding steroid dienone is 2. The molecule has 0 spiro atoms. The van der Waals surface area contributed by atoms with E-state index < -0.39 is 0 Å². The number of aliphatic hydroxyl groups excluding tert-OH is 1. The third kappa shape index (κ3) is 5.93. The summed E-state index contributed by atoms with van der Waals surface area (Å²) in [6.07, 6.45) is 6.79. The number of fused-ring (bicyclic) bond motifs is 6. The quantitative estimate of drug-likeness (QED) is 0.0772. The van der Waals surface area contributed by atoms with Gasteiger partial charge in [0.05, 0.1) is 5.76 Å². The maximum Gasteiger partial charge on any atom is 0.162 e. The number of aromatic nitrogens is 1. The Morgan fingerprint density at radius 3 is 2.34 bits per heavy atom. The van der Waals surface area contributed by atoms with Gasteiger partial charge in [0.15, 0.2) is 5.78 Å². The van der Waals surface area contributed by atoms with Crippen molar-refractivity contribution >= 4 is 38.2 Å². The molecule has 0 unspecified atom stereocenters. The van der Waals surface area contributed by atoms with Crippen LogP contribution in [0.5, 0.6) is 11.5 Å². The van der Waals surface area contributed by atoms with Gasteiger partial charge in [-0.25, -0.2) is 0 Å². The first-order chi connectivity index (χ1) is 19.5. The van der Waals surface area contributed by atoms with E-state index in [4.69, 9.17) is 4.74 Å². The van der Waals surface area contributed by atoms with Gasteiger partial charge in [0.25, 0.3) is 0 Å². The van der Waals surface area contributed by atoms with Crippen molar-refractivity contribution in [3.63, 3.8) is 0 Å². The van der Waals surface area contributed by atoms with Crippen molar-refractivity contribution in [1.82, 2.24) is 4.98 Å². The van der Waals surface area contributed by atoms with E-state index >= 15 is 0 Å². The van der Waals surface area contributed by atoms with E-state index in [0.717, 1.165) is 69.8 Å². The van der Waals surface area contributed by atoms with E-state index in [1.807, 2.05) is 46.0 Å². The summed E-state index contributed by atoms with van der Waals surface area (Å²) < 4.78 is 6.42. The number of hydrogen-bond acceptors (Lipinski definition) is 4. The molecule has 1 aliphatic rings. The van der Waals surface area contributed by atoms with Gasteiger partial charge in [-0.05, 0) is 48.8 Å². The summed E-state index contributed by atoms with van der Waals surface area (Å²) in [6.45, 7) is 8.07. The number of ketones is 1. The number of hydrogen-bond donors (Lipinski definition) is 1. The Hall–Kier alpha value is -3.53. The SMILES string of the molecule is CCC(CC)C(=O)/C=C(\O)C(CC)CC.[Ir].[c-]1cccc2cc3c4c(ccnc4c12)-c1ccc2ccccc2c1O3. The van der Waals surface area contributed by atoms with Crippen molar-refractivity contribution in [3.05, 3.63) is 90.8 Å². The number of nitrogens with zero attached hydrogens (tertiary/aromatic N) is 1. The third-order valence-electron chi connectivity index (χ3n) is 8.07.